The Morgan fingerprint density at radius 3 is 2.42 bits per heavy atom. The van der Waals surface area contributed by atoms with Crippen LogP contribution in [0.15, 0.2) is 73.4 Å². The summed E-state index contributed by atoms with van der Waals surface area (Å²) in [5.74, 6) is 0.981. The highest BCUT2D eigenvalue weighted by atomic mass is 15.3. The van der Waals surface area contributed by atoms with Gasteiger partial charge in [0, 0.05) is 80.6 Å². The molecule has 190 valence electrons. The lowest BCUT2D eigenvalue weighted by Crippen LogP contribution is -2.46. The SMILES string of the molecule is CCc1cccc(CN2CCN(c3ccc(-c4cc(-c5cnn(C)c5)cn5ncc(C#N)c45)cn3)CC2)c1. The van der Waals surface area contributed by atoms with Gasteiger partial charge in [0.15, 0.2) is 0 Å². The van der Waals surface area contributed by atoms with E-state index in [1.807, 2.05) is 31.8 Å². The fourth-order valence-electron chi connectivity index (χ4n) is 5.23. The van der Waals surface area contributed by atoms with Crippen LogP contribution in [-0.2, 0) is 20.0 Å². The highest BCUT2D eigenvalue weighted by Crippen LogP contribution is 2.32. The van der Waals surface area contributed by atoms with Gasteiger partial charge >= 0.3 is 0 Å². The minimum atomic E-state index is 0.544. The molecule has 0 unspecified atom stereocenters. The first-order chi connectivity index (χ1) is 18.6. The first-order valence-electron chi connectivity index (χ1n) is 13.0. The molecular formula is C30H30N8. The van der Waals surface area contributed by atoms with Crippen molar-refractivity contribution in [2.75, 3.05) is 31.1 Å². The average molecular weight is 503 g/mol. The van der Waals surface area contributed by atoms with Crippen molar-refractivity contribution in [3.8, 4) is 28.3 Å². The number of aromatic nitrogens is 5. The third kappa shape index (κ3) is 4.64. The van der Waals surface area contributed by atoms with E-state index in [4.69, 9.17) is 4.98 Å². The monoisotopic (exact) mass is 502 g/mol. The molecule has 4 aromatic heterocycles. The standard InChI is InChI=1S/C30H30N8/c1-3-22-5-4-6-23(13-22)19-36-9-11-37(12-10-36)29-8-7-24(16-32-29)28-14-25(27-18-33-35(2)20-27)21-38-30(28)26(15-31)17-34-38/h4-8,13-14,16-18,20-21H,3,9-12,19H2,1-2H3. The van der Waals surface area contributed by atoms with E-state index in [9.17, 15) is 5.26 Å². The van der Waals surface area contributed by atoms with Crippen LogP contribution in [0, 0.1) is 11.3 Å². The molecule has 1 saturated heterocycles. The van der Waals surface area contributed by atoms with Gasteiger partial charge in [-0.1, -0.05) is 31.2 Å². The summed E-state index contributed by atoms with van der Waals surface area (Å²) in [6, 6.07) is 17.5. The highest BCUT2D eigenvalue weighted by molar-refractivity contribution is 5.87. The number of benzene rings is 1. The number of nitrogens with zero attached hydrogens (tertiary/aromatic N) is 8. The molecule has 5 aromatic rings. The normalized spacial score (nSPS) is 14.2. The zero-order chi connectivity index (χ0) is 26.1. The third-order valence-corrected chi connectivity index (χ3v) is 7.33. The largest absolute Gasteiger partial charge is 0.354 e. The second-order valence-corrected chi connectivity index (χ2v) is 9.85. The predicted octanol–water partition coefficient (Wildman–Crippen LogP) is 4.55. The smallest absolute Gasteiger partial charge is 0.128 e. The lowest BCUT2D eigenvalue weighted by molar-refractivity contribution is 0.249. The number of hydrogen-bond donors (Lipinski definition) is 0. The van der Waals surface area contributed by atoms with E-state index >= 15 is 0 Å². The van der Waals surface area contributed by atoms with Crippen LogP contribution in [0.25, 0.3) is 27.8 Å². The summed E-state index contributed by atoms with van der Waals surface area (Å²) >= 11 is 0. The summed E-state index contributed by atoms with van der Waals surface area (Å²) in [5, 5.41) is 18.4. The Hall–Kier alpha value is -4.48. The summed E-state index contributed by atoms with van der Waals surface area (Å²) in [4.78, 5) is 9.71. The maximum absolute atomic E-state index is 9.70. The van der Waals surface area contributed by atoms with Crippen molar-refractivity contribution in [1.82, 2.24) is 29.3 Å². The molecule has 1 aliphatic rings. The molecule has 0 atom stereocenters. The topological polar surface area (TPSA) is 78.3 Å². The molecule has 8 heteroatoms. The Bertz CT molecular complexity index is 1610. The molecule has 0 spiro atoms. The van der Waals surface area contributed by atoms with E-state index in [1.165, 1.54) is 11.1 Å². The Labute approximate surface area is 222 Å². The molecule has 8 nitrogen and oxygen atoms in total. The van der Waals surface area contributed by atoms with E-state index in [0.717, 1.165) is 72.7 Å². The first kappa shape index (κ1) is 23.9. The van der Waals surface area contributed by atoms with Crippen LogP contribution in [0.1, 0.15) is 23.6 Å². The Balaban J connectivity index is 1.22. The summed E-state index contributed by atoms with van der Waals surface area (Å²) in [7, 11) is 1.90. The Kier molecular flexibility index (Phi) is 6.36. The molecule has 0 amide bonds. The van der Waals surface area contributed by atoms with Gasteiger partial charge in [0.2, 0.25) is 0 Å². The van der Waals surface area contributed by atoms with Crippen molar-refractivity contribution in [2.24, 2.45) is 7.05 Å². The maximum atomic E-state index is 9.70. The number of aryl methyl sites for hydroxylation is 2. The van der Waals surface area contributed by atoms with Crippen molar-refractivity contribution >= 4 is 11.3 Å². The third-order valence-electron chi connectivity index (χ3n) is 7.33. The molecule has 1 aliphatic heterocycles. The number of fused-ring (bicyclic) bond motifs is 1. The van der Waals surface area contributed by atoms with Gasteiger partial charge in [-0.3, -0.25) is 9.58 Å². The molecule has 0 radical (unpaired) electrons. The molecule has 0 bridgehead atoms. The van der Waals surface area contributed by atoms with Crippen LogP contribution in [0.5, 0.6) is 0 Å². The van der Waals surface area contributed by atoms with Gasteiger partial charge in [-0.2, -0.15) is 15.5 Å². The van der Waals surface area contributed by atoms with Crippen molar-refractivity contribution in [3.63, 3.8) is 0 Å². The zero-order valence-electron chi connectivity index (χ0n) is 21.7. The van der Waals surface area contributed by atoms with Crippen LogP contribution >= 0.6 is 0 Å². The number of pyridine rings is 2. The molecule has 0 N–H and O–H groups in total. The van der Waals surface area contributed by atoms with Gasteiger partial charge in [-0.05, 0) is 35.7 Å². The Morgan fingerprint density at radius 2 is 1.71 bits per heavy atom. The van der Waals surface area contributed by atoms with Crippen LogP contribution < -0.4 is 4.90 Å². The van der Waals surface area contributed by atoms with E-state index in [0.29, 0.717) is 5.56 Å². The molecule has 6 rings (SSSR count). The number of rotatable bonds is 6. The zero-order valence-corrected chi connectivity index (χ0v) is 21.7. The summed E-state index contributed by atoms with van der Waals surface area (Å²) in [6.07, 6.45) is 10.3. The van der Waals surface area contributed by atoms with E-state index in [2.05, 4.69) is 75.5 Å². The molecule has 1 fully saturated rings. The van der Waals surface area contributed by atoms with Gasteiger partial charge in [0.25, 0.3) is 0 Å². The fraction of sp³-hybridized carbons (Fsp3) is 0.267. The van der Waals surface area contributed by atoms with Gasteiger partial charge in [0.1, 0.15) is 11.9 Å². The first-order valence-corrected chi connectivity index (χ1v) is 13.0. The Morgan fingerprint density at radius 1 is 0.868 bits per heavy atom. The predicted molar refractivity (Wildman–Crippen MR) is 149 cm³/mol. The van der Waals surface area contributed by atoms with Gasteiger partial charge in [-0.15, -0.1) is 0 Å². The maximum Gasteiger partial charge on any atom is 0.128 e. The lowest BCUT2D eigenvalue weighted by Gasteiger charge is -2.35. The molecule has 1 aromatic carbocycles. The van der Waals surface area contributed by atoms with Crippen molar-refractivity contribution in [2.45, 2.75) is 19.9 Å². The highest BCUT2D eigenvalue weighted by Gasteiger charge is 2.19. The van der Waals surface area contributed by atoms with Crippen LogP contribution in [0.3, 0.4) is 0 Å². The van der Waals surface area contributed by atoms with E-state index in [-0.39, 0.29) is 0 Å². The average Bonchev–Trinajstić information content (AvgIpc) is 3.59. The molecule has 5 heterocycles. The van der Waals surface area contributed by atoms with Gasteiger partial charge < -0.3 is 4.90 Å². The summed E-state index contributed by atoms with van der Waals surface area (Å²) in [6.45, 7) is 7.10. The number of hydrogen-bond acceptors (Lipinski definition) is 6. The second kappa shape index (κ2) is 10.1. The number of anilines is 1. The summed E-state index contributed by atoms with van der Waals surface area (Å²) in [5.41, 5.74) is 7.97. The molecule has 0 aliphatic carbocycles. The second-order valence-electron chi connectivity index (χ2n) is 9.85. The quantitative estimate of drug-likeness (QED) is 0.339. The van der Waals surface area contributed by atoms with Gasteiger partial charge in [0.05, 0.1) is 23.5 Å². The minimum Gasteiger partial charge on any atom is -0.354 e. The van der Waals surface area contributed by atoms with Crippen molar-refractivity contribution in [1.29, 1.82) is 5.26 Å². The van der Waals surface area contributed by atoms with E-state index < -0.39 is 0 Å². The van der Waals surface area contributed by atoms with Crippen molar-refractivity contribution in [3.05, 3.63) is 90.1 Å². The lowest BCUT2D eigenvalue weighted by atomic mass is 10.0. The van der Waals surface area contributed by atoms with E-state index in [1.54, 1.807) is 15.4 Å². The number of nitriles is 1. The molecule has 0 saturated carbocycles. The molecule has 38 heavy (non-hydrogen) atoms. The van der Waals surface area contributed by atoms with Crippen LogP contribution in [0.4, 0.5) is 5.82 Å². The molecular weight excluding hydrogens is 472 g/mol. The van der Waals surface area contributed by atoms with Crippen molar-refractivity contribution < 1.29 is 0 Å². The number of piperazine rings is 1. The fourth-order valence-corrected chi connectivity index (χ4v) is 5.23. The van der Waals surface area contributed by atoms with Crippen LogP contribution in [0.2, 0.25) is 0 Å². The summed E-state index contributed by atoms with van der Waals surface area (Å²) < 4.78 is 3.56. The van der Waals surface area contributed by atoms with Gasteiger partial charge in [-0.25, -0.2) is 9.50 Å². The van der Waals surface area contributed by atoms with Crippen LogP contribution in [-0.4, -0.2) is 55.5 Å². The minimum absolute atomic E-state index is 0.544.